The van der Waals surface area contributed by atoms with Crippen molar-refractivity contribution >= 4 is 11.6 Å². The molecular formula is C20H23N5O. The Balaban J connectivity index is 1.77. The van der Waals surface area contributed by atoms with Crippen molar-refractivity contribution in [2.24, 2.45) is 0 Å². The molecule has 0 radical (unpaired) electrons. The van der Waals surface area contributed by atoms with Gasteiger partial charge in [-0.25, -0.2) is 0 Å². The molecule has 1 aliphatic heterocycles. The normalized spacial score (nSPS) is 16.6. The molecule has 2 aromatic heterocycles. The second kappa shape index (κ2) is 6.44. The van der Waals surface area contributed by atoms with E-state index in [4.69, 9.17) is 0 Å². The predicted molar refractivity (Wildman–Crippen MR) is 100 cm³/mol. The highest BCUT2D eigenvalue weighted by Gasteiger charge is 2.32. The SMILES string of the molecule is CCn1nc(C)c(C(=O)N2C[C@@H](n3cccn3)Cc3ccccc32)c1C. The number of aryl methyl sites for hydroxylation is 2. The molecule has 0 fully saturated rings. The Morgan fingerprint density at radius 2 is 2.04 bits per heavy atom. The fourth-order valence-corrected chi connectivity index (χ4v) is 3.89. The molecule has 0 unspecified atom stereocenters. The van der Waals surface area contributed by atoms with E-state index in [0.29, 0.717) is 12.1 Å². The second-order valence-electron chi connectivity index (χ2n) is 6.75. The molecule has 3 aromatic rings. The van der Waals surface area contributed by atoms with Crippen LogP contribution in [0.4, 0.5) is 5.69 Å². The van der Waals surface area contributed by atoms with Gasteiger partial charge in [0.1, 0.15) is 0 Å². The Labute approximate surface area is 153 Å². The number of hydrogen-bond acceptors (Lipinski definition) is 3. The van der Waals surface area contributed by atoms with Crippen molar-refractivity contribution in [3.05, 3.63) is 65.2 Å². The maximum Gasteiger partial charge on any atom is 0.262 e. The van der Waals surface area contributed by atoms with Crippen molar-refractivity contribution in [3.63, 3.8) is 0 Å². The van der Waals surface area contributed by atoms with E-state index in [9.17, 15) is 4.79 Å². The predicted octanol–water partition coefficient (Wildman–Crippen LogP) is 3.16. The molecule has 1 atom stereocenters. The Morgan fingerprint density at radius 1 is 1.23 bits per heavy atom. The first kappa shape index (κ1) is 16.6. The van der Waals surface area contributed by atoms with E-state index in [1.165, 1.54) is 5.56 Å². The van der Waals surface area contributed by atoms with E-state index in [2.05, 4.69) is 16.3 Å². The van der Waals surface area contributed by atoms with Crippen LogP contribution in [0.5, 0.6) is 0 Å². The summed E-state index contributed by atoms with van der Waals surface area (Å²) in [5.41, 5.74) is 4.58. The van der Waals surface area contributed by atoms with Crippen molar-refractivity contribution < 1.29 is 4.79 Å². The standard InChI is InChI=1S/C20H23N5O/c1-4-24-15(3)19(14(2)22-24)20(26)23-13-17(25-11-7-10-21-25)12-16-8-5-6-9-18(16)23/h5-11,17H,4,12-13H2,1-3H3/t17-/m0/s1. The molecule has 3 heterocycles. The molecule has 0 spiro atoms. The number of anilines is 1. The topological polar surface area (TPSA) is 56.0 Å². The Bertz CT molecular complexity index is 941. The molecule has 0 saturated carbocycles. The first-order valence-corrected chi connectivity index (χ1v) is 9.03. The van der Waals surface area contributed by atoms with Gasteiger partial charge in [-0.1, -0.05) is 18.2 Å². The maximum atomic E-state index is 13.5. The molecule has 134 valence electrons. The van der Waals surface area contributed by atoms with Gasteiger partial charge in [0.25, 0.3) is 5.91 Å². The van der Waals surface area contributed by atoms with Gasteiger partial charge in [0, 0.05) is 36.9 Å². The van der Waals surface area contributed by atoms with E-state index in [-0.39, 0.29) is 11.9 Å². The third-order valence-electron chi connectivity index (χ3n) is 5.17. The summed E-state index contributed by atoms with van der Waals surface area (Å²) < 4.78 is 3.84. The Kier molecular flexibility index (Phi) is 4.11. The number of carbonyl (C=O) groups is 1. The zero-order valence-electron chi connectivity index (χ0n) is 15.4. The van der Waals surface area contributed by atoms with Gasteiger partial charge in [-0.2, -0.15) is 10.2 Å². The van der Waals surface area contributed by atoms with E-state index in [1.54, 1.807) is 6.20 Å². The van der Waals surface area contributed by atoms with Gasteiger partial charge in [0.05, 0.1) is 17.3 Å². The van der Waals surface area contributed by atoms with E-state index >= 15 is 0 Å². The number of amides is 1. The molecule has 1 aliphatic rings. The average Bonchev–Trinajstić information content (AvgIpc) is 3.28. The van der Waals surface area contributed by atoms with Crippen LogP contribution in [0, 0.1) is 13.8 Å². The minimum atomic E-state index is 0.0176. The number of para-hydroxylation sites is 1. The third-order valence-corrected chi connectivity index (χ3v) is 5.17. The van der Waals surface area contributed by atoms with Crippen LogP contribution in [0.2, 0.25) is 0 Å². The quantitative estimate of drug-likeness (QED) is 0.730. The molecule has 26 heavy (non-hydrogen) atoms. The lowest BCUT2D eigenvalue weighted by Gasteiger charge is -2.34. The summed E-state index contributed by atoms with van der Waals surface area (Å²) in [6, 6.07) is 10.2. The Hall–Kier alpha value is -2.89. The average molecular weight is 349 g/mol. The maximum absolute atomic E-state index is 13.5. The fraction of sp³-hybridized carbons (Fsp3) is 0.350. The van der Waals surface area contributed by atoms with Crippen molar-refractivity contribution in [3.8, 4) is 0 Å². The van der Waals surface area contributed by atoms with Gasteiger partial charge in [-0.05, 0) is 44.9 Å². The largest absolute Gasteiger partial charge is 0.306 e. The Morgan fingerprint density at radius 3 is 2.73 bits per heavy atom. The van der Waals surface area contributed by atoms with Gasteiger partial charge in [-0.15, -0.1) is 0 Å². The van der Waals surface area contributed by atoms with Crippen LogP contribution in [-0.2, 0) is 13.0 Å². The molecule has 0 bridgehead atoms. The van der Waals surface area contributed by atoms with Gasteiger partial charge < -0.3 is 4.90 Å². The molecule has 0 aliphatic carbocycles. The van der Waals surface area contributed by atoms with Gasteiger partial charge in [0.15, 0.2) is 0 Å². The molecule has 6 nitrogen and oxygen atoms in total. The third kappa shape index (κ3) is 2.62. The lowest BCUT2D eigenvalue weighted by molar-refractivity contribution is 0.0978. The van der Waals surface area contributed by atoms with Crippen LogP contribution in [0.3, 0.4) is 0 Å². The molecule has 0 saturated heterocycles. The highest BCUT2D eigenvalue weighted by atomic mass is 16.2. The summed E-state index contributed by atoms with van der Waals surface area (Å²) in [5.74, 6) is 0.0176. The van der Waals surface area contributed by atoms with Crippen LogP contribution < -0.4 is 4.90 Å². The van der Waals surface area contributed by atoms with Crippen LogP contribution in [0.1, 0.15) is 40.3 Å². The summed E-state index contributed by atoms with van der Waals surface area (Å²) >= 11 is 0. The summed E-state index contributed by atoms with van der Waals surface area (Å²) in [7, 11) is 0. The number of hydrogen-bond donors (Lipinski definition) is 0. The number of carbonyl (C=O) groups excluding carboxylic acids is 1. The first-order valence-electron chi connectivity index (χ1n) is 9.03. The summed E-state index contributed by atoms with van der Waals surface area (Å²) in [5, 5.41) is 8.92. The van der Waals surface area contributed by atoms with Crippen molar-refractivity contribution in [1.82, 2.24) is 19.6 Å². The number of rotatable bonds is 3. The van der Waals surface area contributed by atoms with Crippen molar-refractivity contribution in [1.29, 1.82) is 0 Å². The second-order valence-corrected chi connectivity index (χ2v) is 6.75. The van der Waals surface area contributed by atoms with Crippen molar-refractivity contribution in [2.45, 2.75) is 39.8 Å². The number of aromatic nitrogens is 4. The monoisotopic (exact) mass is 349 g/mol. The summed E-state index contributed by atoms with van der Waals surface area (Å²) in [6.07, 6.45) is 4.62. The van der Waals surface area contributed by atoms with E-state index in [0.717, 1.165) is 30.0 Å². The number of fused-ring (bicyclic) bond motifs is 1. The number of nitrogens with zero attached hydrogens (tertiary/aromatic N) is 5. The van der Waals surface area contributed by atoms with Crippen LogP contribution in [0.25, 0.3) is 0 Å². The summed E-state index contributed by atoms with van der Waals surface area (Å²) in [6.45, 7) is 7.28. The van der Waals surface area contributed by atoms with Gasteiger partial charge in [-0.3, -0.25) is 14.2 Å². The first-order chi connectivity index (χ1) is 12.6. The zero-order valence-corrected chi connectivity index (χ0v) is 15.4. The van der Waals surface area contributed by atoms with Crippen molar-refractivity contribution in [2.75, 3.05) is 11.4 Å². The van der Waals surface area contributed by atoms with Crippen LogP contribution in [-0.4, -0.2) is 32.0 Å². The minimum Gasteiger partial charge on any atom is -0.306 e. The van der Waals surface area contributed by atoms with E-state index in [1.807, 2.05) is 65.5 Å². The van der Waals surface area contributed by atoms with Gasteiger partial charge in [0.2, 0.25) is 0 Å². The number of benzene rings is 1. The molecule has 4 rings (SSSR count). The fourth-order valence-electron chi connectivity index (χ4n) is 3.89. The van der Waals surface area contributed by atoms with Crippen LogP contribution >= 0.6 is 0 Å². The van der Waals surface area contributed by atoms with Gasteiger partial charge >= 0.3 is 0 Å². The molecular weight excluding hydrogens is 326 g/mol. The minimum absolute atomic E-state index is 0.0176. The van der Waals surface area contributed by atoms with E-state index < -0.39 is 0 Å². The lowest BCUT2D eigenvalue weighted by atomic mass is 9.97. The molecule has 0 N–H and O–H groups in total. The highest BCUT2D eigenvalue weighted by molar-refractivity contribution is 6.08. The molecule has 1 amide bonds. The summed E-state index contributed by atoms with van der Waals surface area (Å²) in [4.78, 5) is 15.4. The zero-order chi connectivity index (χ0) is 18.3. The lowest BCUT2D eigenvalue weighted by Crippen LogP contribution is -2.41. The highest BCUT2D eigenvalue weighted by Crippen LogP contribution is 2.33. The smallest absolute Gasteiger partial charge is 0.262 e. The molecule has 1 aromatic carbocycles. The van der Waals surface area contributed by atoms with Crippen LogP contribution in [0.15, 0.2) is 42.7 Å². The molecule has 6 heteroatoms.